The van der Waals surface area contributed by atoms with Crippen LogP contribution < -0.4 is 10.5 Å². The van der Waals surface area contributed by atoms with Crippen LogP contribution >= 0.6 is 0 Å². The Kier molecular flexibility index (Phi) is 5.14. The first-order chi connectivity index (χ1) is 9.40. The van der Waals surface area contributed by atoms with E-state index in [0.29, 0.717) is 0 Å². The van der Waals surface area contributed by atoms with Gasteiger partial charge in [0.2, 0.25) is 10.0 Å². The summed E-state index contributed by atoms with van der Waals surface area (Å²) in [5.41, 5.74) is 5.40. The number of hydrogen-bond acceptors (Lipinski definition) is 5. The third kappa shape index (κ3) is 4.22. The molecule has 0 radical (unpaired) electrons. The minimum Gasteiger partial charge on any atom is -0.326 e. The zero-order valence-corrected chi connectivity index (χ0v) is 13.7. The van der Waals surface area contributed by atoms with E-state index in [1.807, 2.05) is 0 Å². The molecular formula is C12H19FN2O4S2. The Bertz CT molecular complexity index is 728. The molecule has 0 saturated carbocycles. The van der Waals surface area contributed by atoms with Gasteiger partial charge in [-0.25, -0.2) is 25.9 Å². The van der Waals surface area contributed by atoms with Gasteiger partial charge in [0.1, 0.15) is 5.82 Å². The maximum absolute atomic E-state index is 13.3. The van der Waals surface area contributed by atoms with Crippen molar-refractivity contribution in [3.05, 3.63) is 29.6 Å². The molecular weight excluding hydrogens is 319 g/mol. The van der Waals surface area contributed by atoms with Crippen LogP contribution in [-0.4, -0.2) is 34.4 Å². The first kappa shape index (κ1) is 18.0. The molecule has 0 amide bonds. The minimum absolute atomic E-state index is 0.0697. The predicted octanol–water partition coefficient (Wildman–Crippen LogP) is 0.386. The van der Waals surface area contributed by atoms with Crippen LogP contribution in [-0.2, 0) is 26.4 Å². The summed E-state index contributed by atoms with van der Waals surface area (Å²) in [5.74, 6) is -0.590. The van der Waals surface area contributed by atoms with Crippen molar-refractivity contribution in [1.82, 2.24) is 4.72 Å². The maximum atomic E-state index is 13.3. The van der Waals surface area contributed by atoms with Crippen molar-refractivity contribution in [2.45, 2.75) is 30.0 Å². The fraction of sp³-hybridized carbons (Fsp3) is 0.500. The summed E-state index contributed by atoms with van der Waals surface area (Å²) in [6, 6.07) is 3.24. The summed E-state index contributed by atoms with van der Waals surface area (Å²) in [7, 11) is -7.37. The molecule has 0 saturated heterocycles. The van der Waals surface area contributed by atoms with Crippen LogP contribution in [0.15, 0.2) is 23.1 Å². The number of sulfonamides is 1. The van der Waals surface area contributed by atoms with Gasteiger partial charge in [0.25, 0.3) is 0 Å². The maximum Gasteiger partial charge on any atom is 0.240 e. The van der Waals surface area contributed by atoms with E-state index in [2.05, 4.69) is 4.72 Å². The van der Waals surface area contributed by atoms with Gasteiger partial charge in [-0.3, -0.25) is 0 Å². The molecule has 0 spiro atoms. The van der Waals surface area contributed by atoms with E-state index in [9.17, 15) is 21.2 Å². The fourth-order valence-electron chi connectivity index (χ4n) is 1.36. The summed E-state index contributed by atoms with van der Waals surface area (Å²) < 4.78 is 61.6. The largest absolute Gasteiger partial charge is 0.326 e. The summed E-state index contributed by atoms with van der Waals surface area (Å²) in [6.45, 7) is 2.41. The van der Waals surface area contributed by atoms with Gasteiger partial charge >= 0.3 is 0 Å². The lowest BCUT2D eigenvalue weighted by molar-refractivity contribution is 0.537. The van der Waals surface area contributed by atoms with E-state index >= 15 is 0 Å². The molecule has 1 aromatic carbocycles. The van der Waals surface area contributed by atoms with E-state index < -0.39 is 30.4 Å². The molecule has 21 heavy (non-hydrogen) atoms. The zero-order valence-electron chi connectivity index (χ0n) is 12.1. The first-order valence-electron chi connectivity index (χ1n) is 6.08. The van der Waals surface area contributed by atoms with Crippen molar-refractivity contribution in [1.29, 1.82) is 0 Å². The smallest absolute Gasteiger partial charge is 0.240 e. The van der Waals surface area contributed by atoms with E-state index in [0.717, 1.165) is 24.5 Å². The Morgan fingerprint density at radius 1 is 1.24 bits per heavy atom. The lowest BCUT2D eigenvalue weighted by atomic mass is 10.2. The van der Waals surface area contributed by atoms with Crippen LogP contribution in [0.5, 0.6) is 0 Å². The summed E-state index contributed by atoms with van der Waals surface area (Å²) in [4.78, 5) is -0.159. The van der Waals surface area contributed by atoms with Gasteiger partial charge in [0.15, 0.2) is 9.84 Å². The quantitative estimate of drug-likeness (QED) is 0.780. The van der Waals surface area contributed by atoms with Crippen molar-refractivity contribution in [3.8, 4) is 0 Å². The lowest BCUT2D eigenvalue weighted by Gasteiger charge is -2.22. The van der Waals surface area contributed by atoms with Crippen molar-refractivity contribution >= 4 is 19.9 Å². The normalized spacial score (nSPS) is 13.4. The highest BCUT2D eigenvalue weighted by Crippen LogP contribution is 2.17. The predicted molar refractivity (Wildman–Crippen MR) is 78.4 cm³/mol. The molecule has 0 atom stereocenters. The Balaban J connectivity index is 3.03. The second kappa shape index (κ2) is 5.99. The molecule has 0 aliphatic rings. The average molecular weight is 338 g/mol. The highest BCUT2D eigenvalue weighted by atomic mass is 32.2. The highest BCUT2D eigenvalue weighted by Gasteiger charge is 2.32. The molecule has 3 N–H and O–H groups in total. The van der Waals surface area contributed by atoms with Gasteiger partial charge in [0.05, 0.1) is 9.64 Å². The summed E-state index contributed by atoms with van der Waals surface area (Å²) in [5, 5.41) is 0. The van der Waals surface area contributed by atoms with E-state index in [1.165, 1.54) is 13.8 Å². The molecule has 0 unspecified atom stereocenters. The second-order valence-corrected chi connectivity index (χ2v) is 9.73. The van der Waals surface area contributed by atoms with Crippen molar-refractivity contribution in [2.24, 2.45) is 5.73 Å². The molecule has 0 bridgehead atoms. The molecule has 0 aliphatic heterocycles. The fourth-order valence-corrected chi connectivity index (χ4v) is 3.05. The van der Waals surface area contributed by atoms with Crippen LogP contribution in [0.2, 0.25) is 0 Å². The van der Waals surface area contributed by atoms with E-state index in [4.69, 9.17) is 5.73 Å². The summed E-state index contributed by atoms with van der Waals surface area (Å²) >= 11 is 0. The van der Waals surface area contributed by atoms with Crippen LogP contribution in [0.3, 0.4) is 0 Å². The Hall–Kier alpha value is -1.03. The molecule has 0 heterocycles. The number of sulfone groups is 1. The Labute approximate surface area is 124 Å². The monoisotopic (exact) mass is 338 g/mol. The molecule has 1 aromatic rings. The molecule has 0 aliphatic carbocycles. The first-order valence-corrected chi connectivity index (χ1v) is 9.46. The van der Waals surface area contributed by atoms with Crippen molar-refractivity contribution in [2.75, 3.05) is 12.8 Å². The standard InChI is InChI=1S/C12H19FN2O4S2/c1-12(2,20(3,16)17)8-15-21(18,19)10-4-5-11(13)9(6-10)7-14/h4-6,15H,7-8,14H2,1-3H3. The number of nitrogens with one attached hydrogen (secondary N) is 1. The SMILES string of the molecule is CC(C)(CNS(=O)(=O)c1ccc(F)c(CN)c1)S(C)(=O)=O. The number of hydrogen-bond donors (Lipinski definition) is 2. The van der Waals surface area contributed by atoms with E-state index in [-0.39, 0.29) is 23.5 Å². The lowest BCUT2D eigenvalue weighted by Crippen LogP contribution is -2.43. The third-order valence-electron chi connectivity index (χ3n) is 3.24. The second-order valence-electron chi connectivity index (χ2n) is 5.31. The minimum atomic E-state index is -3.94. The van der Waals surface area contributed by atoms with Crippen molar-refractivity contribution < 1.29 is 21.2 Å². The number of rotatable bonds is 6. The molecule has 6 nitrogen and oxygen atoms in total. The number of halogens is 1. The molecule has 1 rings (SSSR count). The number of benzene rings is 1. The number of nitrogens with two attached hydrogens (primary N) is 1. The van der Waals surface area contributed by atoms with Crippen molar-refractivity contribution in [3.63, 3.8) is 0 Å². The van der Waals surface area contributed by atoms with Crippen LogP contribution in [0, 0.1) is 5.82 Å². The highest BCUT2D eigenvalue weighted by molar-refractivity contribution is 7.92. The molecule has 0 aromatic heterocycles. The van der Waals surface area contributed by atoms with Gasteiger partial charge in [-0.15, -0.1) is 0 Å². The Morgan fingerprint density at radius 2 is 1.81 bits per heavy atom. The Morgan fingerprint density at radius 3 is 2.29 bits per heavy atom. The zero-order chi connectivity index (χ0) is 16.5. The van der Waals surface area contributed by atoms with Gasteiger partial charge in [-0.1, -0.05) is 0 Å². The van der Waals surface area contributed by atoms with E-state index in [1.54, 1.807) is 0 Å². The van der Waals surface area contributed by atoms with Gasteiger partial charge in [-0.05, 0) is 32.0 Å². The van der Waals surface area contributed by atoms with Gasteiger partial charge in [0, 0.05) is 24.9 Å². The van der Waals surface area contributed by atoms with Gasteiger partial charge < -0.3 is 5.73 Å². The van der Waals surface area contributed by atoms with Crippen LogP contribution in [0.1, 0.15) is 19.4 Å². The molecule has 0 fully saturated rings. The van der Waals surface area contributed by atoms with Crippen LogP contribution in [0.25, 0.3) is 0 Å². The summed E-state index contributed by atoms with van der Waals surface area (Å²) in [6.07, 6.45) is 1.03. The average Bonchev–Trinajstić information content (AvgIpc) is 2.35. The molecule has 120 valence electrons. The van der Waals surface area contributed by atoms with Crippen LogP contribution in [0.4, 0.5) is 4.39 Å². The topological polar surface area (TPSA) is 106 Å². The molecule has 9 heteroatoms. The third-order valence-corrected chi connectivity index (χ3v) is 6.79. The van der Waals surface area contributed by atoms with Gasteiger partial charge in [-0.2, -0.15) is 0 Å².